The largest absolute Gasteiger partial charge is 0.412 e. The van der Waals surface area contributed by atoms with Gasteiger partial charge in [-0.3, -0.25) is 9.48 Å². The van der Waals surface area contributed by atoms with Crippen molar-refractivity contribution in [3.63, 3.8) is 0 Å². The molecular formula is C14H19N5O2S. The summed E-state index contributed by atoms with van der Waals surface area (Å²) in [5, 5.41) is 13.6. The molecular weight excluding hydrogens is 302 g/mol. The summed E-state index contributed by atoms with van der Waals surface area (Å²) in [6.45, 7) is 4.44. The van der Waals surface area contributed by atoms with Gasteiger partial charge < -0.3 is 9.73 Å². The summed E-state index contributed by atoms with van der Waals surface area (Å²) in [5.74, 6) is 0.660. The van der Waals surface area contributed by atoms with Gasteiger partial charge in [0.15, 0.2) is 0 Å². The highest BCUT2D eigenvalue weighted by molar-refractivity contribution is 7.71. The molecule has 1 unspecified atom stereocenters. The molecule has 7 nitrogen and oxygen atoms in total. The lowest BCUT2D eigenvalue weighted by Gasteiger charge is -2.14. The molecule has 1 aliphatic carbocycles. The molecule has 0 saturated heterocycles. The third-order valence-corrected chi connectivity index (χ3v) is 4.11. The Morgan fingerprint density at radius 3 is 3.00 bits per heavy atom. The van der Waals surface area contributed by atoms with E-state index in [1.807, 2.05) is 4.68 Å². The van der Waals surface area contributed by atoms with Crippen LogP contribution in [-0.4, -0.2) is 25.9 Å². The van der Waals surface area contributed by atoms with E-state index >= 15 is 0 Å². The van der Waals surface area contributed by atoms with Crippen LogP contribution in [0.25, 0.3) is 0 Å². The van der Waals surface area contributed by atoms with Crippen molar-refractivity contribution in [2.75, 3.05) is 0 Å². The average molecular weight is 321 g/mol. The van der Waals surface area contributed by atoms with Crippen LogP contribution in [0, 0.1) is 4.84 Å². The van der Waals surface area contributed by atoms with Crippen LogP contribution >= 0.6 is 12.2 Å². The number of aromatic amines is 1. The Morgan fingerprint density at radius 2 is 2.41 bits per heavy atom. The van der Waals surface area contributed by atoms with Crippen molar-refractivity contribution < 1.29 is 9.21 Å². The first kappa shape index (κ1) is 15.0. The zero-order chi connectivity index (χ0) is 15.7. The Kier molecular flexibility index (Phi) is 4.10. The maximum absolute atomic E-state index is 12.4. The molecule has 0 aliphatic heterocycles. The Morgan fingerprint density at radius 1 is 1.64 bits per heavy atom. The smallest absolute Gasteiger partial charge is 0.284 e. The minimum absolute atomic E-state index is 0.152. The van der Waals surface area contributed by atoms with Crippen molar-refractivity contribution in [2.45, 2.75) is 51.6 Å². The van der Waals surface area contributed by atoms with E-state index in [1.165, 1.54) is 0 Å². The number of aromatic nitrogens is 4. The first-order valence-corrected chi connectivity index (χ1v) is 7.91. The molecule has 3 rings (SSSR count). The summed E-state index contributed by atoms with van der Waals surface area (Å²) in [6, 6.07) is 0.293. The lowest BCUT2D eigenvalue weighted by molar-refractivity contribution is 0.0946. The number of H-pyrrole nitrogens is 1. The summed E-state index contributed by atoms with van der Waals surface area (Å²) < 4.78 is 7.13. The van der Waals surface area contributed by atoms with Gasteiger partial charge in [0.2, 0.25) is 5.89 Å². The van der Waals surface area contributed by atoms with E-state index in [-0.39, 0.29) is 17.3 Å². The molecule has 1 saturated carbocycles. The minimum Gasteiger partial charge on any atom is -0.412 e. The van der Waals surface area contributed by atoms with E-state index in [4.69, 9.17) is 16.6 Å². The second kappa shape index (κ2) is 6.04. The van der Waals surface area contributed by atoms with Gasteiger partial charge in [-0.1, -0.05) is 6.92 Å². The molecule has 2 N–H and O–H groups in total. The number of amides is 1. The first-order chi connectivity index (χ1) is 10.6. The van der Waals surface area contributed by atoms with Crippen LogP contribution in [0.2, 0.25) is 0 Å². The van der Waals surface area contributed by atoms with Crippen LogP contribution in [-0.2, 0) is 6.54 Å². The molecule has 1 atom stereocenters. The zero-order valence-electron chi connectivity index (χ0n) is 12.6. The predicted molar refractivity (Wildman–Crippen MR) is 82.1 cm³/mol. The minimum atomic E-state index is -0.152. The molecule has 0 radical (unpaired) electrons. The molecule has 2 aromatic rings. The molecule has 0 spiro atoms. The third-order valence-electron chi connectivity index (χ3n) is 3.93. The first-order valence-electron chi connectivity index (χ1n) is 7.50. The standard InChI is InChI=1S/C14H19N5O2S/c1-3-8(2)19-12(9-4-5-9)10(6-16-19)13(20)15-7-11-17-18-14(22)21-11/h6,8-9H,3-5,7H2,1-2H3,(H,15,20)(H,18,22). The van der Waals surface area contributed by atoms with Crippen LogP contribution < -0.4 is 5.32 Å². The molecule has 2 aromatic heterocycles. The van der Waals surface area contributed by atoms with Crippen molar-refractivity contribution >= 4 is 18.1 Å². The van der Waals surface area contributed by atoms with Crippen molar-refractivity contribution in [3.8, 4) is 0 Å². The number of rotatable bonds is 6. The van der Waals surface area contributed by atoms with Crippen LogP contribution in [0.3, 0.4) is 0 Å². The number of nitrogens with one attached hydrogen (secondary N) is 2. The Bertz CT molecular complexity index is 728. The monoisotopic (exact) mass is 321 g/mol. The van der Waals surface area contributed by atoms with E-state index < -0.39 is 0 Å². The van der Waals surface area contributed by atoms with Gasteiger partial charge >= 0.3 is 0 Å². The van der Waals surface area contributed by atoms with E-state index in [1.54, 1.807) is 6.20 Å². The van der Waals surface area contributed by atoms with Crippen molar-refractivity contribution in [2.24, 2.45) is 0 Å². The number of hydrogen-bond acceptors (Lipinski definition) is 5. The fourth-order valence-electron chi connectivity index (χ4n) is 2.42. The predicted octanol–water partition coefficient (Wildman–Crippen LogP) is 2.71. The quantitative estimate of drug-likeness (QED) is 0.799. The molecule has 0 bridgehead atoms. The van der Waals surface area contributed by atoms with Gasteiger partial charge in [0.1, 0.15) is 0 Å². The molecule has 118 valence electrons. The zero-order valence-corrected chi connectivity index (χ0v) is 13.4. The average Bonchev–Trinajstić information content (AvgIpc) is 3.12. The molecule has 0 aromatic carbocycles. The van der Waals surface area contributed by atoms with Crippen molar-refractivity contribution in [1.82, 2.24) is 25.3 Å². The highest BCUT2D eigenvalue weighted by atomic mass is 32.1. The molecule has 1 amide bonds. The Hall–Kier alpha value is -1.96. The van der Waals surface area contributed by atoms with E-state index in [0.717, 1.165) is 25.0 Å². The Balaban J connectivity index is 1.77. The summed E-state index contributed by atoms with van der Waals surface area (Å²) in [6.07, 6.45) is 4.89. The normalized spacial score (nSPS) is 15.7. The number of hydrogen-bond donors (Lipinski definition) is 2. The van der Waals surface area contributed by atoms with E-state index in [0.29, 0.717) is 23.4 Å². The molecule has 22 heavy (non-hydrogen) atoms. The van der Waals surface area contributed by atoms with Gasteiger partial charge in [-0.25, -0.2) is 5.10 Å². The fourth-order valence-corrected chi connectivity index (χ4v) is 2.56. The van der Waals surface area contributed by atoms with Gasteiger partial charge in [0.25, 0.3) is 10.7 Å². The van der Waals surface area contributed by atoms with Crippen LogP contribution in [0.5, 0.6) is 0 Å². The van der Waals surface area contributed by atoms with Crippen molar-refractivity contribution in [1.29, 1.82) is 0 Å². The van der Waals surface area contributed by atoms with E-state index in [2.05, 4.69) is 34.5 Å². The maximum atomic E-state index is 12.4. The SMILES string of the molecule is CCC(C)n1ncc(C(=O)NCc2n[nH]c(=S)o2)c1C1CC1. The fraction of sp³-hybridized carbons (Fsp3) is 0.571. The van der Waals surface area contributed by atoms with Gasteiger partial charge in [0, 0.05) is 12.0 Å². The Labute approximate surface area is 133 Å². The lowest BCUT2D eigenvalue weighted by atomic mass is 10.1. The molecule has 1 fully saturated rings. The summed E-state index contributed by atoms with van der Waals surface area (Å²) in [5.41, 5.74) is 1.70. The number of carbonyl (C=O) groups is 1. The topological polar surface area (TPSA) is 88.7 Å². The van der Waals surface area contributed by atoms with Gasteiger partial charge in [-0.2, -0.15) is 5.10 Å². The summed E-state index contributed by atoms with van der Waals surface area (Å²) in [7, 11) is 0. The van der Waals surface area contributed by atoms with Crippen molar-refractivity contribution in [3.05, 3.63) is 28.2 Å². The number of nitrogens with zero attached hydrogens (tertiary/aromatic N) is 3. The van der Waals surface area contributed by atoms with Crippen LogP contribution in [0.4, 0.5) is 0 Å². The van der Waals surface area contributed by atoms with Crippen LogP contribution in [0.15, 0.2) is 10.6 Å². The van der Waals surface area contributed by atoms with Crippen LogP contribution in [0.1, 0.15) is 67.0 Å². The number of carbonyl (C=O) groups excluding carboxylic acids is 1. The molecule has 8 heteroatoms. The maximum Gasteiger partial charge on any atom is 0.284 e. The van der Waals surface area contributed by atoms with Gasteiger partial charge in [0.05, 0.1) is 24.0 Å². The highest BCUT2D eigenvalue weighted by Gasteiger charge is 2.33. The van der Waals surface area contributed by atoms with E-state index in [9.17, 15) is 4.79 Å². The third kappa shape index (κ3) is 2.96. The van der Waals surface area contributed by atoms with Gasteiger partial charge in [-0.15, -0.1) is 5.10 Å². The second-order valence-corrected chi connectivity index (χ2v) is 5.98. The molecule has 2 heterocycles. The highest BCUT2D eigenvalue weighted by Crippen LogP contribution is 2.42. The summed E-state index contributed by atoms with van der Waals surface area (Å²) >= 11 is 4.80. The molecule has 1 aliphatic rings. The lowest BCUT2D eigenvalue weighted by Crippen LogP contribution is -2.24. The van der Waals surface area contributed by atoms with Gasteiger partial charge in [-0.05, 0) is 38.4 Å². The second-order valence-electron chi connectivity index (χ2n) is 5.61. The summed E-state index contributed by atoms with van der Waals surface area (Å²) in [4.78, 5) is 12.6.